The lowest BCUT2D eigenvalue weighted by Gasteiger charge is -2.27. The minimum atomic E-state index is -0.406. The fourth-order valence-electron chi connectivity index (χ4n) is 1.65. The van der Waals surface area contributed by atoms with E-state index in [1.165, 1.54) is 0 Å². The smallest absolute Gasteiger partial charge is 0.320 e. The van der Waals surface area contributed by atoms with E-state index in [1.54, 1.807) is 16.8 Å². The highest BCUT2D eigenvalue weighted by Gasteiger charge is 2.33. The summed E-state index contributed by atoms with van der Waals surface area (Å²) in [6, 6.07) is -0.509. The molecule has 1 saturated heterocycles. The lowest BCUT2D eigenvalue weighted by molar-refractivity contribution is -0.121. The van der Waals surface area contributed by atoms with Crippen LogP contribution in [0.15, 0.2) is 0 Å². The van der Waals surface area contributed by atoms with E-state index < -0.39 is 11.9 Å². The number of carbonyl (C=O) groups excluding carboxylic acids is 2. The largest absolute Gasteiger partial charge is 0.368 e. The maximum Gasteiger partial charge on any atom is 0.320 e. The zero-order valence-electron chi connectivity index (χ0n) is 8.69. The van der Waals surface area contributed by atoms with Gasteiger partial charge in [0.15, 0.2) is 0 Å². The molecule has 1 fully saturated rings. The van der Waals surface area contributed by atoms with Gasteiger partial charge < -0.3 is 15.5 Å². The van der Waals surface area contributed by atoms with Crippen LogP contribution in [-0.4, -0.2) is 47.9 Å². The van der Waals surface area contributed by atoms with E-state index in [0.29, 0.717) is 19.5 Å². The van der Waals surface area contributed by atoms with Crippen molar-refractivity contribution in [2.24, 2.45) is 5.73 Å². The van der Waals surface area contributed by atoms with Crippen molar-refractivity contribution in [2.75, 3.05) is 20.1 Å². The standard InChI is InChI=1S/C9H17N3O2/c1-3-11(2)9(14)12-6-4-5-7(12)8(10)13/h7H,3-6H2,1-2H3,(H2,10,13). The molecule has 1 unspecified atom stereocenters. The lowest BCUT2D eigenvalue weighted by Crippen LogP contribution is -2.48. The third kappa shape index (κ3) is 1.97. The van der Waals surface area contributed by atoms with E-state index in [4.69, 9.17) is 5.73 Å². The number of rotatable bonds is 2. The van der Waals surface area contributed by atoms with Crippen LogP contribution in [0.1, 0.15) is 19.8 Å². The number of urea groups is 1. The van der Waals surface area contributed by atoms with Crippen molar-refractivity contribution in [3.8, 4) is 0 Å². The Morgan fingerprint density at radius 2 is 2.21 bits per heavy atom. The average Bonchev–Trinajstić information content (AvgIpc) is 2.63. The molecule has 0 spiro atoms. The molecule has 0 aliphatic carbocycles. The van der Waals surface area contributed by atoms with E-state index in [2.05, 4.69) is 0 Å². The molecule has 2 N–H and O–H groups in total. The number of primary amides is 1. The molecule has 0 aromatic rings. The van der Waals surface area contributed by atoms with Gasteiger partial charge in [-0.15, -0.1) is 0 Å². The van der Waals surface area contributed by atoms with E-state index >= 15 is 0 Å². The molecule has 5 nitrogen and oxygen atoms in total. The molecule has 0 aromatic carbocycles. The third-order valence-corrected chi connectivity index (χ3v) is 2.63. The monoisotopic (exact) mass is 199 g/mol. The highest BCUT2D eigenvalue weighted by Crippen LogP contribution is 2.18. The molecule has 1 rings (SSSR count). The van der Waals surface area contributed by atoms with Gasteiger partial charge in [0.05, 0.1) is 0 Å². The Morgan fingerprint density at radius 1 is 1.57 bits per heavy atom. The fraction of sp³-hybridized carbons (Fsp3) is 0.778. The van der Waals surface area contributed by atoms with Gasteiger partial charge in [-0.25, -0.2) is 4.79 Å². The second kappa shape index (κ2) is 4.30. The molecular weight excluding hydrogens is 182 g/mol. The molecule has 1 atom stereocenters. The van der Waals surface area contributed by atoms with Crippen molar-refractivity contribution in [1.82, 2.24) is 9.80 Å². The lowest BCUT2D eigenvalue weighted by atomic mass is 10.2. The van der Waals surface area contributed by atoms with Crippen LogP contribution in [0.5, 0.6) is 0 Å². The highest BCUT2D eigenvalue weighted by atomic mass is 16.2. The molecule has 1 aliphatic rings. The Bertz CT molecular complexity index is 242. The molecular formula is C9H17N3O2. The van der Waals surface area contributed by atoms with Gasteiger partial charge in [-0.3, -0.25) is 4.79 Å². The molecule has 14 heavy (non-hydrogen) atoms. The summed E-state index contributed by atoms with van der Waals surface area (Å²) in [6.07, 6.45) is 1.55. The molecule has 0 bridgehead atoms. The summed E-state index contributed by atoms with van der Waals surface area (Å²) in [5.41, 5.74) is 5.22. The van der Waals surface area contributed by atoms with E-state index in [-0.39, 0.29) is 6.03 Å². The van der Waals surface area contributed by atoms with Crippen molar-refractivity contribution in [2.45, 2.75) is 25.8 Å². The number of amides is 3. The van der Waals surface area contributed by atoms with Crippen LogP contribution in [0.4, 0.5) is 4.79 Å². The summed E-state index contributed by atoms with van der Waals surface area (Å²) in [6.45, 7) is 3.17. The first-order valence-electron chi connectivity index (χ1n) is 4.89. The fourth-order valence-corrected chi connectivity index (χ4v) is 1.65. The first-order chi connectivity index (χ1) is 6.57. The number of hydrogen-bond donors (Lipinski definition) is 1. The Hall–Kier alpha value is -1.26. The van der Waals surface area contributed by atoms with Gasteiger partial charge >= 0.3 is 6.03 Å². The van der Waals surface area contributed by atoms with Gasteiger partial charge in [-0.1, -0.05) is 0 Å². The number of nitrogens with two attached hydrogens (primary N) is 1. The minimum Gasteiger partial charge on any atom is -0.368 e. The summed E-state index contributed by atoms with van der Waals surface area (Å²) in [7, 11) is 1.72. The second-order valence-electron chi connectivity index (χ2n) is 3.55. The molecule has 1 aliphatic heterocycles. The number of likely N-dealkylation sites (tertiary alicyclic amines) is 1. The number of hydrogen-bond acceptors (Lipinski definition) is 2. The number of carbonyl (C=O) groups is 2. The highest BCUT2D eigenvalue weighted by molar-refractivity contribution is 5.86. The van der Waals surface area contributed by atoms with Crippen molar-refractivity contribution in [1.29, 1.82) is 0 Å². The minimum absolute atomic E-state index is 0.103. The summed E-state index contributed by atoms with van der Waals surface area (Å²) in [5, 5.41) is 0. The van der Waals surface area contributed by atoms with Crippen LogP contribution in [0.2, 0.25) is 0 Å². The van der Waals surface area contributed by atoms with Crippen LogP contribution in [0, 0.1) is 0 Å². The summed E-state index contributed by atoms with van der Waals surface area (Å²) >= 11 is 0. The van der Waals surface area contributed by atoms with Gasteiger partial charge in [-0.2, -0.15) is 0 Å². The Labute approximate surface area is 83.8 Å². The van der Waals surface area contributed by atoms with Gasteiger partial charge in [0.2, 0.25) is 5.91 Å². The van der Waals surface area contributed by atoms with Crippen molar-refractivity contribution in [3.05, 3.63) is 0 Å². The topological polar surface area (TPSA) is 66.6 Å². The second-order valence-corrected chi connectivity index (χ2v) is 3.55. The van der Waals surface area contributed by atoms with Gasteiger partial charge in [-0.05, 0) is 19.8 Å². The average molecular weight is 199 g/mol. The van der Waals surface area contributed by atoms with Gasteiger partial charge in [0, 0.05) is 20.1 Å². The first kappa shape index (κ1) is 10.8. The molecule has 0 saturated carbocycles. The van der Waals surface area contributed by atoms with Crippen LogP contribution < -0.4 is 5.73 Å². The maximum atomic E-state index is 11.7. The Kier molecular flexibility index (Phi) is 3.33. The molecule has 1 heterocycles. The summed E-state index contributed by atoms with van der Waals surface area (Å²) in [4.78, 5) is 25.9. The summed E-state index contributed by atoms with van der Waals surface area (Å²) in [5.74, 6) is -0.402. The van der Waals surface area contributed by atoms with Crippen LogP contribution >= 0.6 is 0 Å². The van der Waals surface area contributed by atoms with Crippen LogP contribution in [0.3, 0.4) is 0 Å². The van der Waals surface area contributed by atoms with E-state index in [1.807, 2.05) is 6.92 Å². The molecule has 5 heteroatoms. The predicted molar refractivity (Wildman–Crippen MR) is 52.6 cm³/mol. The normalized spacial score (nSPS) is 21.0. The molecule has 0 radical (unpaired) electrons. The Morgan fingerprint density at radius 3 is 2.71 bits per heavy atom. The molecule has 0 aromatic heterocycles. The maximum absolute atomic E-state index is 11.7. The predicted octanol–water partition coefficient (Wildman–Crippen LogP) is 0.00780. The molecule has 3 amide bonds. The van der Waals surface area contributed by atoms with Gasteiger partial charge in [0.1, 0.15) is 6.04 Å². The molecule has 80 valence electrons. The third-order valence-electron chi connectivity index (χ3n) is 2.63. The van der Waals surface area contributed by atoms with Crippen molar-refractivity contribution < 1.29 is 9.59 Å². The summed E-state index contributed by atoms with van der Waals surface area (Å²) < 4.78 is 0. The first-order valence-corrected chi connectivity index (χ1v) is 4.89. The SMILES string of the molecule is CCN(C)C(=O)N1CCCC1C(N)=O. The zero-order valence-corrected chi connectivity index (χ0v) is 8.69. The van der Waals surface area contributed by atoms with E-state index in [9.17, 15) is 9.59 Å². The van der Waals surface area contributed by atoms with E-state index in [0.717, 1.165) is 6.42 Å². The van der Waals surface area contributed by atoms with Gasteiger partial charge in [0.25, 0.3) is 0 Å². The Balaban J connectivity index is 2.67. The van der Waals surface area contributed by atoms with Crippen LogP contribution in [0.25, 0.3) is 0 Å². The quantitative estimate of drug-likeness (QED) is 0.680. The van der Waals surface area contributed by atoms with Crippen molar-refractivity contribution in [3.63, 3.8) is 0 Å². The van der Waals surface area contributed by atoms with Crippen molar-refractivity contribution >= 4 is 11.9 Å². The number of nitrogens with zero attached hydrogens (tertiary/aromatic N) is 2. The van der Waals surface area contributed by atoms with Crippen LogP contribution in [-0.2, 0) is 4.79 Å². The zero-order chi connectivity index (χ0) is 10.7.